The summed E-state index contributed by atoms with van der Waals surface area (Å²) in [4.78, 5) is 15.6. The van der Waals surface area contributed by atoms with Crippen molar-refractivity contribution >= 4 is 21.8 Å². The summed E-state index contributed by atoms with van der Waals surface area (Å²) in [6.07, 6.45) is 7.12. The minimum atomic E-state index is 0.142. The van der Waals surface area contributed by atoms with Gasteiger partial charge in [-0.15, -0.1) is 0 Å². The Hall–Kier alpha value is -3.35. The van der Waals surface area contributed by atoms with Crippen molar-refractivity contribution in [1.82, 2.24) is 25.3 Å². The molecule has 1 saturated heterocycles. The van der Waals surface area contributed by atoms with E-state index in [1.165, 1.54) is 27.5 Å². The Morgan fingerprint density at radius 2 is 1.67 bits per heavy atom. The molecule has 3 aromatic heterocycles. The van der Waals surface area contributed by atoms with Crippen LogP contribution in [0, 0.1) is 5.92 Å². The van der Waals surface area contributed by atoms with Crippen LogP contribution in [0.4, 0.5) is 0 Å². The quantitative estimate of drug-likeness (QED) is 0.305. The number of para-hydroxylation sites is 2. The Bertz CT molecular complexity index is 1440. The van der Waals surface area contributed by atoms with Crippen LogP contribution in [0.1, 0.15) is 42.0 Å². The number of benzene rings is 2. The van der Waals surface area contributed by atoms with Gasteiger partial charge in [0.05, 0.1) is 24.0 Å². The number of rotatable bonds is 3. The van der Waals surface area contributed by atoms with E-state index in [4.69, 9.17) is 9.72 Å². The van der Waals surface area contributed by atoms with Crippen LogP contribution in [0.15, 0.2) is 60.9 Å². The second-order valence-electron chi connectivity index (χ2n) is 9.34. The fraction of sp³-hybridized carbons (Fsp3) is 0.296. The summed E-state index contributed by atoms with van der Waals surface area (Å²) in [5.41, 5.74) is 7.35. The number of aromatic amines is 3. The number of ether oxygens (including phenoxy) is 1. The zero-order valence-corrected chi connectivity index (χ0v) is 18.4. The van der Waals surface area contributed by atoms with Crippen molar-refractivity contribution in [2.45, 2.75) is 31.3 Å². The van der Waals surface area contributed by atoms with Gasteiger partial charge in [-0.25, -0.2) is 4.98 Å². The standard InChI is InChI=1S/C27H27N5O/c1-3-7-21-18(6-1)20(14-28-21)24-15-29-27(32-24)23-13-19-17-5-2-4-8-22(17)30-26(19)25(31-23)16-9-11-33-12-10-16/h1-8,14-16,23,25,28,30-31H,9-13H2,(H,29,32)/t23-,25-/m1/s1. The normalized spacial score (nSPS) is 21.6. The largest absolute Gasteiger partial charge is 0.381 e. The average Bonchev–Trinajstić information content (AvgIpc) is 3.60. The van der Waals surface area contributed by atoms with Crippen LogP contribution in [-0.2, 0) is 11.2 Å². The van der Waals surface area contributed by atoms with E-state index < -0.39 is 0 Å². The fourth-order valence-electron chi connectivity index (χ4n) is 5.81. The van der Waals surface area contributed by atoms with Crippen LogP contribution >= 0.6 is 0 Å². The summed E-state index contributed by atoms with van der Waals surface area (Å²) < 4.78 is 5.67. The highest BCUT2D eigenvalue weighted by atomic mass is 16.5. The van der Waals surface area contributed by atoms with E-state index in [9.17, 15) is 0 Å². The van der Waals surface area contributed by atoms with E-state index in [-0.39, 0.29) is 12.1 Å². The maximum absolute atomic E-state index is 5.67. The molecule has 6 nitrogen and oxygen atoms in total. The minimum Gasteiger partial charge on any atom is -0.381 e. The van der Waals surface area contributed by atoms with Crippen molar-refractivity contribution < 1.29 is 4.74 Å². The van der Waals surface area contributed by atoms with Gasteiger partial charge >= 0.3 is 0 Å². The van der Waals surface area contributed by atoms with Gasteiger partial charge in [-0.3, -0.25) is 5.32 Å². The molecule has 7 rings (SSSR count). The Labute approximate surface area is 191 Å². The number of hydrogen-bond acceptors (Lipinski definition) is 3. The monoisotopic (exact) mass is 437 g/mol. The highest BCUT2D eigenvalue weighted by Crippen LogP contribution is 2.41. The molecule has 5 heterocycles. The lowest BCUT2D eigenvalue weighted by molar-refractivity contribution is 0.0497. The lowest BCUT2D eigenvalue weighted by atomic mass is 9.83. The van der Waals surface area contributed by atoms with Crippen molar-refractivity contribution in [2.75, 3.05) is 13.2 Å². The first kappa shape index (κ1) is 19.1. The zero-order valence-electron chi connectivity index (χ0n) is 18.4. The number of aromatic nitrogens is 4. The van der Waals surface area contributed by atoms with Crippen LogP contribution in [0.5, 0.6) is 0 Å². The molecule has 0 spiro atoms. The van der Waals surface area contributed by atoms with Crippen molar-refractivity contribution in [3.05, 3.63) is 78.0 Å². The highest BCUT2D eigenvalue weighted by Gasteiger charge is 2.36. The third kappa shape index (κ3) is 3.13. The van der Waals surface area contributed by atoms with Crippen LogP contribution in [0.3, 0.4) is 0 Å². The maximum Gasteiger partial charge on any atom is 0.124 e. The third-order valence-corrected chi connectivity index (χ3v) is 7.49. The molecular formula is C27H27N5O. The van der Waals surface area contributed by atoms with Crippen molar-refractivity contribution in [3.8, 4) is 11.3 Å². The van der Waals surface area contributed by atoms with E-state index in [2.05, 4.69) is 75.0 Å². The lowest BCUT2D eigenvalue weighted by Gasteiger charge is -2.37. The molecular weight excluding hydrogens is 410 g/mol. The van der Waals surface area contributed by atoms with Crippen LogP contribution in [0.2, 0.25) is 0 Å². The number of H-pyrrole nitrogens is 3. The van der Waals surface area contributed by atoms with Gasteiger partial charge in [0.25, 0.3) is 0 Å². The SMILES string of the molecule is c1ccc2c(-c3cnc([C@H]4Cc5c([nH]c6ccccc56)[C@@H](C5CCOCC5)N4)[nH]3)c[nH]c2c1. The molecule has 2 aliphatic heterocycles. The predicted molar refractivity (Wildman–Crippen MR) is 130 cm³/mol. The molecule has 6 heteroatoms. The Kier molecular flexibility index (Phi) is 4.42. The van der Waals surface area contributed by atoms with Gasteiger partial charge in [-0.05, 0) is 42.9 Å². The molecule has 2 aromatic carbocycles. The minimum absolute atomic E-state index is 0.142. The molecule has 0 radical (unpaired) electrons. The Balaban J connectivity index is 1.28. The first-order valence-electron chi connectivity index (χ1n) is 11.9. The second-order valence-corrected chi connectivity index (χ2v) is 9.34. The molecule has 4 N–H and O–H groups in total. The summed E-state index contributed by atoms with van der Waals surface area (Å²) in [6.45, 7) is 1.68. The highest BCUT2D eigenvalue weighted by molar-refractivity contribution is 5.94. The van der Waals surface area contributed by atoms with Crippen molar-refractivity contribution in [1.29, 1.82) is 0 Å². The summed E-state index contributed by atoms with van der Waals surface area (Å²) in [6, 6.07) is 17.5. The van der Waals surface area contributed by atoms with Gasteiger partial charge in [-0.1, -0.05) is 36.4 Å². The second kappa shape index (κ2) is 7.61. The summed E-state index contributed by atoms with van der Waals surface area (Å²) in [7, 11) is 0. The predicted octanol–water partition coefficient (Wildman–Crippen LogP) is 5.39. The van der Waals surface area contributed by atoms with Gasteiger partial charge in [0.15, 0.2) is 0 Å². The molecule has 0 saturated carbocycles. The van der Waals surface area contributed by atoms with E-state index in [0.717, 1.165) is 55.1 Å². The van der Waals surface area contributed by atoms with Gasteiger partial charge < -0.3 is 19.7 Å². The molecule has 1 fully saturated rings. The molecule has 2 atom stereocenters. The number of nitrogens with one attached hydrogen (secondary N) is 4. The molecule has 0 unspecified atom stereocenters. The van der Waals surface area contributed by atoms with Crippen molar-refractivity contribution in [2.24, 2.45) is 5.92 Å². The molecule has 2 aliphatic rings. The van der Waals surface area contributed by atoms with Crippen LogP contribution in [0.25, 0.3) is 33.1 Å². The smallest absolute Gasteiger partial charge is 0.124 e. The Morgan fingerprint density at radius 3 is 2.55 bits per heavy atom. The van der Waals surface area contributed by atoms with Gasteiger partial charge in [0.2, 0.25) is 0 Å². The molecule has 0 aliphatic carbocycles. The number of fused-ring (bicyclic) bond motifs is 4. The molecule has 0 amide bonds. The van der Waals surface area contributed by atoms with Crippen LogP contribution < -0.4 is 5.32 Å². The zero-order chi connectivity index (χ0) is 21.8. The maximum atomic E-state index is 5.67. The lowest BCUT2D eigenvalue weighted by Crippen LogP contribution is -2.39. The van der Waals surface area contributed by atoms with Gasteiger partial charge in [0.1, 0.15) is 5.82 Å². The number of hydrogen-bond donors (Lipinski definition) is 4. The topological polar surface area (TPSA) is 81.5 Å². The summed E-state index contributed by atoms with van der Waals surface area (Å²) in [5, 5.41) is 6.51. The Morgan fingerprint density at radius 1 is 0.879 bits per heavy atom. The molecule has 33 heavy (non-hydrogen) atoms. The van der Waals surface area contributed by atoms with Crippen LogP contribution in [-0.4, -0.2) is 33.1 Å². The first-order valence-corrected chi connectivity index (χ1v) is 11.9. The number of imidazole rings is 1. The van der Waals surface area contributed by atoms with Gasteiger partial charge in [-0.2, -0.15) is 0 Å². The van der Waals surface area contributed by atoms with E-state index in [1.54, 1.807) is 0 Å². The number of nitrogens with zero attached hydrogens (tertiary/aromatic N) is 1. The van der Waals surface area contributed by atoms with Gasteiger partial charge in [0, 0.05) is 52.5 Å². The average molecular weight is 438 g/mol. The van der Waals surface area contributed by atoms with E-state index in [0.29, 0.717) is 5.92 Å². The van der Waals surface area contributed by atoms with E-state index in [1.807, 2.05) is 6.20 Å². The van der Waals surface area contributed by atoms with E-state index >= 15 is 0 Å². The third-order valence-electron chi connectivity index (χ3n) is 7.49. The fourth-order valence-corrected chi connectivity index (χ4v) is 5.81. The first-order chi connectivity index (χ1) is 16.3. The summed E-state index contributed by atoms with van der Waals surface area (Å²) >= 11 is 0. The summed E-state index contributed by atoms with van der Waals surface area (Å²) in [5.74, 6) is 1.56. The molecule has 0 bridgehead atoms. The molecule has 166 valence electrons. The van der Waals surface area contributed by atoms with Crippen molar-refractivity contribution in [3.63, 3.8) is 0 Å². The molecule has 5 aromatic rings.